The molecule has 114 valence electrons. The average Bonchev–Trinajstić information content (AvgIpc) is 2.73. The number of aliphatic carboxylic acids is 1. The first kappa shape index (κ1) is 15.3. The van der Waals surface area contributed by atoms with Gasteiger partial charge in [0.25, 0.3) is 5.91 Å². The lowest BCUT2D eigenvalue weighted by Gasteiger charge is -2.17. The molecule has 1 aliphatic carbocycles. The molecule has 0 bridgehead atoms. The third-order valence-electron chi connectivity index (χ3n) is 3.73. The first-order valence-corrected chi connectivity index (χ1v) is 7.02. The Morgan fingerprint density at radius 3 is 2.48 bits per heavy atom. The van der Waals surface area contributed by atoms with Crippen LogP contribution in [0.15, 0.2) is 4.42 Å². The highest BCUT2D eigenvalue weighted by molar-refractivity contribution is 6.04. The van der Waals surface area contributed by atoms with Gasteiger partial charge in [0.05, 0.1) is 5.56 Å². The maximum Gasteiger partial charge on any atom is 0.326 e. The minimum absolute atomic E-state index is 0.0183. The van der Waals surface area contributed by atoms with Gasteiger partial charge in [0.1, 0.15) is 11.8 Å². The summed E-state index contributed by atoms with van der Waals surface area (Å²) in [6.07, 6.45) is 1.80. The van der Waals surface area contributed by atoms with Crippen molar-refractivity contribution in [3.05, 3.63) is 22.6 Å². The molecule has 1 atom stereocenters. The number of ketones is 1. The number of carbonyl (C=O) groups is 3. The number of carboxylic acid groups (broad SMARTS) is 1. The van der Waals surface area contributed by atoms with Crippen LogP contribution in [0.5, 0.6) is 0 Å². The molecule has 1 amide bonds. The zero-order chi connectivity index (χ0) is 15.7. The van der Waals surface area contributed by atoms with Crippen LogP contribution in [-0.2, 0) is 11.2 Å². The van der Waals surface area contributed by atoms with Crippen molar-refractivity contribution in [1.82, 2.24) is 5.32 Å². The molecule has 0 aliphatic heterocycles. The van der Waals surface area contributed by atoms with Crippen LogP contribution in [0.25, 0.3) is 0 Å². The quantitative estimate of drug-likeness (QED) is 0.884. The Bertz CT molecular complexity index is 599. The fourth-order valence-electron chi connectivity index (χ4n) is 2.59. The maximum absolute atomic E-state index is 12.2. The van der Waals surface area contributed by atoms with Gasteiger partial charge in [-0.2, -0.15) is 0 Å². The van der Waals surface area contributed by atoms with Crippen LogP contribution >= 0.6 is 0 Å². The first-order valence-electron chi connectivity index (χ1n) is 7.02. The van der Waals surface area contributed by atoms with Crippen molar-refractivity contribution < 1.29 is 23.9 Å². The highest BCUT2D eigenvalue weighted by atomic mass is 16.4. The summed E-state index contributed by atoms with van der Waals surface area (Å²) >= 11 is 0. The van der Waals surface area contributed by atoms with Gasteiger partial charge in [0, 0.05) is 18.4 Å². The molecule has 0 radical (unpaired) electrons. The Labute approximate surface area is 122 Å². The van der Waals surface area contributed by atoms with Gasteiger partial charge < -0.3 is 14.8 Å². The largest absolute Gasteiger partial charge is 0.480 e. The summed E-state index contributed by atoms with van der Waals surface area (Å²) in [6.45, 7) is 5.08. The number of furan rings is 1. The zero-order valence-electron chi connectivity index (χ0n) is 12.4. The standard InChI is InChI=1S/C15H19NO5/c1-7(2)12(15(19)20)16-14(18)13-8(3)11-9(17)5-4-6-10(11)21-13/h7,12H,4-6H2,1-3H3,(H,16,18)(H,19,20)/t12-/m0/s1. The van der Waals surface area contributed by atoms with E-state index < -0.39 is 17.9 Å². The number of rotatable bonds is 4. The Balaban J connectivity index is 2.28. The number of amides is 1. The number of nitrogens with one attached hydrogen (secondary N) is 1. The van der Waals surface area contributed by atoms with Crippen LogP contribution in [0.2, 0.25) is 0 Å². The van der Waals surface area contributed by atoms with Crippen molar-refractivity contribution in [2.75, 3.05) is 0 Å². The summed E-state index contributed by atoms with van der Waals surface area (Å²) in [6, 6.07) is -0.991. The Kier molecular flexibility index (Phi) is 4.16. The molecule has 0 spiro atoms. The lowest BCUT2D eigenvalue weighted by Crippen LogP contribution is -2.44. The summed E-state index contributed by atoms with van der Waals surface area (Å²) in [5.41, 5.74) is 0.989. The number of Topliss-reactive ketones (excluding diaryl/α,β-unsaturated/α-hetero) is 1. The predicted molar refractivity (Wildman–Crippen MR) is 74.4 cm³/mol. The molecule has 0 unspecified atom stereocenters. The summed E-state index contributed by atoms with van der Waals surface area (Å²) in [7, 11) is 0. The minimum atomic E-state index is -1.09. The van der Waals surface area contributed by atoms with E-state index in [2.05, 4.69) is 5.32 Å². The number of hydrogen-bond donors (Lipinski definition) is 2. The van der Waals surface area contributed by atoms with Gasteiger partial charge in [0.2, 0.25) is 0 Å². The van der Waals surface area contributed by atoms with Gasteiger partial charge in [-0.15, -0.1) is 0 Å². The molecular weight excluding hydrogens is 274 g/mol. The molecule has 2 N–H and O–H groups in total. The number of aryl methyl sites for hydroxylation is 1. The second kappa shape index (κ2) is 5.71. The van der Waals surface area contributed by atoms with Crippen LogP contribution < -0.4 is 5.32 Å². The van der Waals surface area contributed by atoms with E-state index >= 15 is 0 Å². The second-order valence-electron chi connectivity index (χ2n) is 5.66. The zero-order valence-corrected chi connectivity index (χ0v) is 12.4. The molecule has 2 rings (SSSR count). The van der Waals surface area contributed by atoms with Crippen LogP contribution in [0.1, 0.15) is 58.9 Å². The van der Waals surface area contributed by atoms with Gasteiger partial charge >= 0.3 is 5.97 Å². The third kappa shape index (κ3) is 2.84. The molecular formula is C15H19NO5. The van der Waals surface area contributed by atoms with Crippen LogP contribution in [0.4, 0.5) is 0 Å². The summed E-state index contributed by atoms with van der Waals surface area (Å²) in [5, 5.41) is 11.6. The fraction of sp³-hybridized carbons (Fsp3) is 0.533. The molecule has 1 aliphatic rings. The second-order valence-corrected chi connectivity index (χ2v) is 5.66. The average molecular weight is 293 g/mol. The van der Waals surface area contributed by atoms with Gasteiger partial charge in [0.15, 0.2) is 11.5 Å². The molecule has 1 heterocycles. The van der Waals surface area contributed by atoms with Gasteiger partial charge in [-0.05, 0) is 19.3 Å². The van der Waals surface area contributed by atoms with E-state index in [1.807, 2.05) is 0 Å². The highest BCUT2D eigenvalue weighted by Crippen LogP contribution is 2.29. The Hall–Kier alpha value is -2.11. The Morgan fingerprint density at radius 1 is 1.29 bits per heavy atom. The van der Waals surface area contributed by atoms with Crippen LogP contribution in [0.3, 0.4) is 0 Å². The maximum atomic E-state index is 12.2. The van der Waals surface area contributed by atoms with Crippen molar-refractivity contribution in [2.45, 2.75) is 46.1 Å². The van der Waals surface area contributed by atoms with E-state index in [0.29, 0.717) is 36.1 Å². The third-order valence-corrected chi connectivity index (χ3v) is 3.73. The molecule has 6 heteroatoms. The molecule has 1 aromatic rings. The smallest absolute Gasteiger partial charge is 0.326 e. The van der Waals surface area contributed by atoms with Crippen molar-refractivity contribution in [3.8, 4) is 0 Å². The van der Waals surface area contributed by atoms with E-state index in [0.717, 1.165) is 0 Å². The van der Waals surface area contributed by atoms with E-state index in [9.17, 15) is 14.4 Å². The summed E-state index contributed by atoms with van der Waals surface area (Å²) in [5.74, 6) is -1.38. The lowest BCUT2D eigenvalue weighted by molar-refractivity contribution is -0.140. The van der Waals surface area contributed by atoms with Crippen molar-refractivity contribution >= 4 is 17.7 Å². The Morgan fingerprint density at radius 2 is 1.95 bits per heavy atom. The molecule has 0 saturated heterocycles. The highest BCUT2D eigenvalue weighted by Gasteiger charge is 2.31. The minimum Gasteiger partial charge on any atom is -0.480 e. The number of fused-ring (bicyclic) bond motifs is 1. The molecule has 1 aromatic heterocycles. The fourth-order valence-corrected chi connectivity index (χ4v) is 2.59. The predicted octanol–water partition coefficient (Wildman–Crippen LogP) is 1.95. The molecule has 21 heavy (non-hydrogen) atoms. The monoisotopic (exact) mass is 293 g/mol. The SMILES string of the molecule is Cc1c(C(=O)N[C@H](C(=O)O)C(C)C)oc2c1C(=O)CCC2. The summed E-state index contributed by atoms with van der Waals surface area (Å²) in [4.78, 5) is 35.3. The molecule has 0 fully saturated rings. The van der Waals surface area contributed by atoms with Crippen LogP contribution in [0, 0.1) is 12.8 Å². The molecule has 0 aromatic carbocycles. The van der Waals surface area contributed by atoms with Gasteiger partial charge in [-0.1, -0.05) is 13.8 Å². The number of carbonyl (C=O) groups excluding carboxylic acids is 2. The number of hydrogen-bond acceptors (Lipinski definition) is 4. The molecule has 0 saturated carbocycles. The normalized spacial score (nSPS) is 15.7. The number of carboxylic acids is 1. The van der Waals surface area contributed by atoms with Crippen LogP contribution in [-0.4, -0.2) is 28.8 Å². The first-order chi connectivity index (χ1) is 9.82. The van der Waals surface area contributed by atoms with Gasteiger partial charge in [-0.25, -0.2) is 4.79 Å². The van der Waals surface area contributed by atoms with E-state index in [-0.39, 0.29) is 17.5 Å². The summed E-state index contributed by atoms with van der Waals surface area (Å²) < 4.78 is 5.50. The lowest BCUT2D eigenvalue weighted by atomic mass is 9.94. The van der Waals surface area contributed by atoms with E-state index in [1.54, 1.807) is 20.8 Å². The molecule has 6 nitrogen and oxygen atoms in total. The van der Waals surface area contributed by atoms with E-state index in [1.165, 1.54) is 0 Å². The van der Waals surface area contributed by atoms with Crippen molar-refractivity contribution in [3.63, 3.8) is 0 Å². The van der Waals surface area contributed by atoms with E-state index in [4.69, 9.17) is 9.52 Å². The van der Waals surface area contributed by atoms with Gasteiger partial charge in [-0.3, -0.25) is 9.59 Å². The van der Waals surface area contributed by atoms with Crippen molar-refractivity contribution in [2.24, 2.45) is 5.92 Å². The topological polar surface area (TPSA) is 96.6 Å². The van der Waals surface area contributed by atoms with Crippen molar-refractivity contribution in [1.29, 1.82) is 0 Å².